The molecule has 0 aromatic heterocycles. The molecule has 0 radical (unpaired) electrons. The summed E-state index contributed by atoms with van der Waals surface area (Å²) in [5, 5.41) is 13.5. The third-order valence-corrected chi connectivity index (χ3v) is 6.07. The monoisotopic (exact) mass is 409 g/mol. The second kappa shape index (κ2) is 9.63. The molecule has 1 amide bonds. The van der Waals surface area contributed by atoms with E-state index in [-0.39, 0.29) is 5.91 Å². The molecule has 5 nitrogen and oxygen atoms in total. The van der Waals surface area contributed by atoms with Crippen LogP contribution in [-0.4, -0.2) is 55.2 Å². The van der Waals surface area contributed by atoms with Crippen molar-refractivity contribution in [2.45, 2.75) is 39.7 Å². The van der Waals surface area contributed by atoms with Crippen molar-refractivity contribution < 1.29 is 9.90 Å². The average molecular weight is 410 g/mol. The number of hydrogen-bond donors (Lipinski definition) is 2. The molecule has 1 heterocycles. The van der Waals surface area contributed by atoms with Crippen LogP contribution in [0.15, 0.2) is 42.5 Å². The molecule has 2 N–H and O–H groups in total. The van der Waals surface area contributed by atoms with Crippen molar-refractivity contribution >= 4 is 11.6 Å². The first-order valence-corrected chi connectivity index (χ1v) is 10.9. The minimum atomic E-state index is -1.51. The Labute approximate surface area is 180 Å². The van der Waals surface area contributed by atoms with Crippen LogP contribution in [0.1, 0.15) is 35.6 Å². The van der Waals surface area contributed by atoms with Crippen molar-refractivity contribution in [3.05, 3.63) is 64.7 Å². The van der Waals surface area contributed by atoms with Crippen LogP contribution in [0.4, 0.5) is 5.69 Å². The minimum absolute atomic E-state index is 0.342. The number of piperazine rings is 1. The van der Waals surface area contributed by atoms with E-state index in [0.29, 0.717) is 12.1 Å². The van der Waals surface area contributed by atoms with Crippen LogP contribution in [-0.2, 0) is 10.4 Å². The van der Waals surface area contributed by atoms with Gasteiger partial charge >= 0.3 is 0 Å². The van der Waals surface area contributed by atoms with Crippen molar-refractivity contribution in [3.8, 4) is 0 Å². The van der Waals surface area contributed by atoms with E-state index in [1.165, 1.54) is 16.8 Å². The lowest BCUT2D eigenvalue weighted by atomic mass is 9.94. The Bertz CT molecular complexity index is 853. The van der Waals surface area contributed by atoms with Crippen molar-refractivity contribution in [3.63, 3.8) is 0 Å². The highest BCUT2D eigenvalue weighted by atomic mass is 16.3. The summed E-state index contributed by atoms with van der Waals surface area (Å²) >= 11 is 0. The third-order valence-electron chi connectivity index (χ3n) is 6.07. The number of benzene rings is 2. The number of hydrogen-bond acceptors (Lipinski definition) is 4. The summed E-state index contributed by atoms with van der Waals surface area (Å²) in [5.41, 5.74) is 4.19. The summed E-state index contributed by atoms with van der Waals surface area (Å²) in [5.74, 6) is -0.342. The first kappa shape index (κ1) is 22.3. The van der Waals surface area contributed by atoms with Gasteiger partial charge in [0.2, 0.25) is 0 Å². The van der Waals surface area contributed by atoms with Crippen molar-refractivity contribution in [2.75, 3.05) is 44.2 Å². The molecule has 1 atom stereocenters. The fourth-order valence-corrected chi connectivity index (χ4v) is 3.96. The molecule has 0 aliphatic carbocycles. The molecule has 1 aliphatic rings. The van der Waals surface area contributed by atoms with Gasteiger partial charge in [-0.3, -0.25) is 9.69 Å². The van der Waals surface area contributed by atoms with E-state index in [9.17, 15) is 9.90 Å². The summed E-state index contributed by atoms with van der Waals surface area (Å²) in [4.78, 5) is 17.4. The fraction of sp³-hybridized carbons (Fsp3) is 0.480. The van der Waals surface area contributed by atoms with E-state index >= 15 is 0 Å². The first-order valence-electron chi connectivity index (χ1n) is 10.9. The number of nitrogens with zero attached hydrogens (tertiary/aromatic N) is 2. The number of rotatable bonds is 7. The highest BCUT2D eigenvalue weighted by Gasteiger charge is 2.32. The Morgan fingerprint density at radius 3 is 2.30 bits per heavy atom. The van der Waals surface area contributed by atoms with Gasteiger partial charge in [-0.2, -0.15) is 0 Å². The highest BCUT2D eigenvalue weighted by molar-refractivity contribution is 5.85. The van der Waals surface area contributed by atoms with E-state index in [4.69, 9.17) is 0 Å². The Kier molecular flexibility index (Phi) is 7.16. The molecule has 3 rings (SSSR count). The highest BCUT2D eigenvalue weighted by Crippen LogP contribution is 2.23. The Morgan fingerprint density at radius 1 is 1.00 bits per heavy atom. The topological polar surface area (TPSA) is 55.8 Å². The maximum atomic E-state index is 12.5. The van der Waals surface area contributed by atoms with Crippen LogP contribution >= 0.6 is 0 Å². The molecule has 0 saturated carbocycles. The zero-order chi connectivity index (χ0) is 21.7. The van der Waals surface area contributed by atoms with Gasteiger partial charge < -0.3 is 15.3 Å². The van der Waals surface area contributed by atoms with Gasteiger partial charge in [0.05, 0.1) is 0 Å². The molecule has 1 unspecified atom stereocenters. The molecule has 1 saturated heterocycles. The van der Waals surface area contributed by atoms with Crippen LogP contribution in [0.2, 0.25) is 0 Å². The van der Waals surface area contributed by atoms with E-state index in [1.54, 1.807) is 6.92 Å². The number of anilines is 1. The molecule has 0 bridgehead atoms. The number of aliphatic hydroxyl groups is 1. The minimum Gasteiger partial charge on any atom is -0.376 e. The smallest absolute Gasteiger partial charge is 0.256 e. The van der Waals surface area contributed by atoms with E-state index in [2.05, 4.69) is 47.2 Å². The summed E-state index contributed by atoms with van der Waals surface area (Å²) in [7, 11) is 0. The maximum absolute atomic E-state index is 12.5. The average Bonchev–Trinajstić information content (AvgIpc) is 2.73. The van der Waals surface area contributed by atoms with Crippen LogP contribution < -0.4 is 10.2 Å². The van der Waals surface area contributed by atoms with Gasteiger partial charge in [-0.15, -0.1) is 0 Å². The Morgan fingerprint density at radius 2 is 1.63 bits per heavy atom. The number of nitrogens with one attached hydrogen (secondary N) is 1. The summed E-state index contributed by atoms with van der Waals surface area (Å²) in [6.07, 6.45) is 0.874. The number of amides is 1. The molecule has 1 aliphatic heterocycles. The number of carbonyl (C=O) groups is 1. The fourth-order valence-electron chi connectivity index (χ4n) is 3.96. The molecule has 0 spiro atoms. The predicted octanol–water partition coefficient (Wildman–Crippen LogP) is 3.15. The lowest BCUT2D eigenvalue weighted by Crippen LogP contribution is -2.47. The van der Waals surface area contributed by atoms with Gasteiger partial charge in [-0.05, 0) is 63.4 Å². The van der Waals surface area contributed by atoms with E-state index in [1.807, 2.05) is 31.2 Å². The third kappa shape index (κ3) is 5.41. The summed E-state index contributed by atoms with van der Waals surface area (Å²) in [6, 6.07) is 14.1. The van der Waals surface area contributed by atoms with Crippen LogP contribution in [0.3, 0.4) is 0 Å². The molecule has 1 fully saturated rings. The molecule has 2 aromatic rings. The van der Waals surface area contributed by atoms with Gasteiger partial charge in [0.15, 0.2) is 5.60 Å². The number of carbonyl (C=O) groups excluding carboxylic acids is 1. The van der Waals surface area contributed by atoms with Crippen LogP contribution in [0.25, 0.3) is 0 Å². The molecule has 162 valence electrons. The standard InChI is InChI=1S/C25H35N3O2/c1-19-7-10-22(11-8-19)25(4,30)24(29)26-12-5-13-27-14-16-28(17-15-27)23-18-20(2)6-9-21(23)3/h6-11,18,30H,5,12-17H2,1-4H3,(H,26,29). The zero-order valence-electron chi connectivity index (χ0n) is 18.7. The quantitative estimate of drug-likeness (QED) is 0.690. The second-order valence-electron chi connectivity index (χ2n) is 8.67. The first-order chi connectivity index (χ1) is 14.3. The van der Waals surface area contributed by atoms with Gasteiger partial charge in [-0.25, -0.2) is 0 Å². The molecule has 2 aromatic carbocycles. The van der Waals surface area contributed by atoms with Crippen LogP contribution in [0, 0.1) is 20.8 Å². The number of aryl methyl sites for hydroxylation is 3. The zero-order valence-corrected chi connectivity index (χ0v) is 18.7. The van der Waals surface area contributed by atoms with Gasteiger partial charge in [0, 0.05) is 38.4 Å². The predicted molar refractivity (Wildman–Crippen MR) is 123 cm³/mol. The molecular weight excluding hydrogens is 374 g/mol. The molecular formula is C25H35N3O2. The van der Waals surface area contributed by atoms with Crippen molar-refractivity contribution in [1.29, 1.82) is 0 Å². The van der Waals surface area contributed by atoms with Crippen molar-refractivity contribution in [1.82, 2.24) is 10.2 Å². The van der Waals surface area contributed by atoms with Crippen molar-refractivity contribution in [2.24, 2.45) is 0 Å². The SMILES string of the molecule is Cc1ccc(C(C)(O)C(=O)NCCCN2CCN(c3cc(C)ccc3C)CC2)cc1. The second-order valence-corrected chi connectivity index (χ2v) is 8.67. The molecule has 5 heteroatoms. The van der Waals surface area contributed by atoms with E-state index < -0.39 is 5.60 Å². The Balaban J connectivity index is 1.40. The lowest BCUT2D eigenvalue weighted by Gasteiger charge is -2.37. The Hall–Kier alpha value is -2.37. The van der Waals surface area contributed by atoms with Gasteiger partial charge in [0.1, 0.15) is 0 Å². The lowest BCUT2D eigenvalue weighted by molar-refractivity contribution is -0.139. The van der Waals surface area contributed by atoms with Gasteiger partial charge in [0.25, 0.3) is 5.91 Å². The summed E-state index contributed by atoms with van der Waals surface area (Å²) < 4.78 is 0. The maximum Gasteiger partial charge on any atom is 0.256 e. The molecule has 30 heavy (non-hydrogen) atoms. The normalized spacial score (nSPS) is 16.9. The van der Waals surface area contributed by atoms with Crippen LogP contribution in [0.5, 0.6) is 0 Å². The largest absolute Gasteiger partial charge is 0.376 e. The van der Waals surface area contributed by atoms with Gasteiger partial charge in [-0.1, -0.05) is 42.0 Å². The van der Waals surface area contributed by atoms with E-state index in [0.717, 1.165) is 44.7 Å². The summed E-state index contributed by atoms with van der Waals surface area (Å²) in [6.45, 7) is 13.5.